The average molecular weight is 330 g/mol. The number of aromatic nitrogens is 2. The number of pyridine rings is 2. The molecule has 128 valence electrons. The molecule has 0 aliphatic carbocycles. The van der Waals surface area contributed by atoms with E-state index in [1.165, 1.54) is 11.1 Å². The summed E-state index contributed by atoms with van der Waals surface area (Å²) >= 11 is 0. The van der Waals surface area contributed by atoms with Crippen molar-refractivity contribution in [1.82, 2.24) is 9.97 Å². The lowest BCUT2D eigenvalue weighted by Gasteiger charge is -2.21. The highest BCUT2D eigenvalue weighted by Gasteiger charge is 2.18. The van der Waals surface area contributed by atoms with Crippen LogP contribution in [0.1, 0.15) is 51.7 Å². The van der Waals surface area contributed by atoms with Crippen LogP contribution in [-0.2, 0) is 5.41 Å². The average Bonchev–Trinajstić information content (AvgIpc) is 2.61. The number of rotatable bonds is 3. The van der Waals surface area contributed by atoms with Gasteiger partial charge in [-0.05, 0) is 46.7 Å². The Balaban J connectivity index is 2.18. The van der Waals surface area contributed by atoms with E-state index in [1.54, 1.807) is 0 Å². The lowest BCUT2D eigenvalue weighted by atomic mass is 9.86. The maximum absolute atomic E-state index is 4.93. The summed E-state index contributed by atoms with van der Waals surface area (Å²) in [6.45, 7) is 11.1. The lowest BCUT2D eigenvalue weighted by Crippen LogP contribution is -2.12. The van der Waals surface area contributed by atoms with Gasteiger partial charge in [-0.25, -0.2) is 4.98 Å². The molecule has 0 amide bonds. The van der Waals surface area contributed by atoms with E-state index in [1.807, 2.05) is 12.3 Å². The summed E-state index contributed by atoms with van der Waals surface area (Å²) in [5, 5.41) is 0. The van der Waals surface area contributed by atoms with Crippen LogP contribution in [0.15, 0.2) is 60.8 Å². The molecule has 2 heterocycles. The van der Waals surface area contributed by atoms with E-state index in [4.69, 9.17) is 4.98 Å². The van der Waals surface area contributed by atoms with Gasteiger partial charge < -0.3 is 0 Å². The molecule has 0 spiro atoms. The van der Waals surface area contributed by atoms with Gasteiger partial charge in [0, 0.05) is 11.8 Å². The number of nitrogens with zero attached hydrogens (tertiary/aromatic N) is 2. The molecule has 0 fully saturated rings. The summed E-state index contributed by atoms with van der Waals surface area (Å²) < 4.78 is 0. The zero-order chi connectivity index (χ0) is 18.0. The van der Waals surface area contributed by atoms with Crippen molar-refractivity contribution in [2.24, 2.45) is 0 Å². The first-order valence-electron chi connectivity index (χ1n) is 8.89. The third kappa shape index (κ3) is 3.96. The van der Waals surface area contributed by atoms with Crippen molar-refractivity contribution in [2.75, 3.05) is 0 Å². The molecule has 25 heavy (non-hydrogen) atoms. The van der Waals surface area contributed by atoms with Crippen LogP contribution < -0.4 is 0 Å². The fourth-order valence-corrected chi connectivity index (χ4v) is 2.80. The maximum atomic E-state index is 4.93. The van der Waals surface area contributed by atoms with Crippen molar-refractivity contribution in [3.63, 3.8) is 0 Å². The molecule has 3 rings (SSSR count). The summed E-state index contributed by atoms with van der Waals surface area (Å²) in [4.78, 5) is 9.51. The van der Waals surface area contributed by atoms with Crippen LogP contribution >= 0.6 is 0 Å². The second kappa shape index (κ2) is 6.79. The van der Waals surface area contributed by atoms with Gasteiger partial charge in [0.25, 0.3) is 0 Å². The van der Waals surface area contributed by atoms with E-state index < -0.39 is 0 Å². The number of benzene rings is 1. The van der Waals surface area contributed by atoms with Gasteiger partial charge in [0.2, 0.25) is 0 Å². The minimum absolute atomic E-state index is 0.0525. The van der Waals surface area contributed by atoms with Crippen molar-refractivity contribution in [1.29, 1.82) is 0 Å². The largest absolute Gasteiger partial charge is 0.255 e. The van der Waals surface area contributed by atoms with Crippen LogP contribution in [0.2, 0.25) is 0 Å². The molecule has 2 nitrogen and oxygen atoms in total. The summed E-state index contributed by atoms with van der Waals surface area (Å²) in [5.41, 5.74) is 6.62. The van der Waals surface area contributed by atoms with Gasteiger partial charge in [-0.1, -0.05) is 65.0 Å². The molecule has 2 heteroatoms. The van der Waals surface area contributed by atoms with Crippen LogP contribution in [0, 0.1) is 0 Å². The molecule has 0 radical (unpaired) electrons. The lowest BCUT2D eigenvalue weighted by molar-refractivity contribution is 0.590. The third-order valence-electron chi connectivity index (χ3n) is 4.47. The zero-order valence-electron chi connectivity index (χ0n) is 15.7. The van der Waals surface area contributed by atoms with E-state index in [2.05, 4.69) is 88.1 Å². The molecule has 2 aromatic heterocycles. The molecule has 0 bridgehead atoms. The first-order chi connectivity index (χ1) is 11.8. The van der Waals surface area contributed by atoms with Gasteiger partial charge in [-0.15, -0.1) is 0 Å². The molecule has 0 aliphatic heterocycles. The van der Waals surface area contributed by atoms with Crippen molar-refractivity contribution in [2.45, 2.75) is 46.0 Å². The van der Waals surface area contributed by atoms with Gasteiger partial charge in [-0.3, -0.25) is 4.98 Å². The van der Waals surface area contributed by atoms with Gasteiger partial charge >= 0.3 is 0 Å². The topological polar surface area (TPSA) is 25.8 Å². The van der Waals surface area contributed by atoms with Gasteiger partial charge in [-0.2, -0.15) is 0 Å². The highest BCUT2D eigenvalue weighted by atomic mass is 14.8. The molecule has 1 aromatic carbocycles. The molecule has 0 unspecified atom stereocenters. The highest BCUT2D eigenvalue weighted by molar-refractivity contribution is 5.66. The Morgan fingerprint density at radius 1 is 0.800 bits per heavy atom. The fourth-order valence-electron chi connectivity index (χ4n) is 2.80. The van der Waals surface area contributed by atoms with Gasteiger partial charge in [0.15, 0.2) is 0 Å². The smallest absolute Gasteiger partial charge is 0.0896 e. The predicted molar refractivity (Wildman–Crippen MR) is 106 cm³/mol. The van der Waals surface area contributed by atoms with Crippen LogP contribution in [0.4, 0.5) is 0 Å². The molecule has 0 N–H and O–H groups in total. The van der Waals surface area contributed by atoms with E-state index in [-0.39, 0.29) is 5.41 Å². The first kappa shape index (κ1) is 17.3. The van der Waals surface area contributed by atoms with Crippen molar-refractivity contribution < 1.29 is 0 Å². The molecule has 0 aliphatic rings. The summed E-state index contributed by atoms with van der Waals surface area (Å²) in [5.74, 6) is 0.473. The second-order valence-electron chi connectivity index (χ2n) is 7.87. The van der Waals surface area contributed by atoms with Crippen molar-refractivity contribution in [3.8, 4) is 22.6 Å². The van der Waals surface area contributed by atoms with E-state index in [0.717, 1.165) is 22.6 Å². The predicted octanol–water partition coefficient (Wildman–Crippen LogP) is 6.23. The van der Waals surface area contributed by atoms with Crippen LogP contribution in [0.3, 0.4) is 0 Å². The quantitative estimate of drug-likeness (QED) is 0.568. The zero-order valence-corrected chi connectivity index (χ0v) is 15.7. The van der Waals surface area contributed by atoms with Crippen LogP contribution in [0.25, 0.3) is 22.6 Å². The van der Waals surface area contributed by atoms with Crippen molar-refractivity contribution >= 4 is 0 Å². The fraction of sp³-hybridized carbons (Fsp3) is 0.304. The van der Waals surface area contributed by atoms with E-state index in [9.17, 15) is 0 Å². The standard InChI is InChI=1S/C23H26N2/c1-16(2)18-11-12-24-21(13-18)22-15-19(23(3,4)5)14-20(25-22)17-9-7-6-8-10-17/h6-16H,1-5H3. The Morgan fingerprint density at radius 2 is 1.48 bits per heavy atom. The first-order valence-corrected chi connectivity index (χ1v) is 8.89. The van der Waals surface area contributed by atoms with Crippen LogP contribution in [-0.4, -0.2) is 9.97 Å². The molecular weight excluding hydrogens is 304 g/mol. The minimum atomic E-state index is 0.0525. The van der Waals surface area contributed by atoms with Gasteiger partial charge in [0.1, 0.15) is 0 Å². The van der Waals surface area contributed by atoms with Gasteiger partial charge in [0.05, 0.1) is 17.1 Å². The van der Waals surface area contributed by atoms with Crippen LogP contribution in [0.5, 0.6) is 0 Å². The SMILES string of the molecule is CC(C)c1ccnc(-c2cc(C(C)(C)C)cc(-c3ccccc3)n2)c1. The normalized spacial score (nSPS) is 11.8. The van der Waals surface area contributed by atoms with Crippen molar-refractivity contribution in [3.05, 3.63) is 71.9 Å². The monoisotopic (exact) mass is 330 g/mol. The maximum Gasteiger partial charge on any atom is 0.0896 e. The summed E-state index contributed by atoms with van der Waals surface area (Å²) in [6, 6.07) is 19.0. The Hall–Kier alpha value is -2.48. The Bertz CT molecular complexity index is 859. The minimum Gasteiger partial charge on any atom is -0.255 e. The Kier molecular flexibility index (Phi) is 4.71. The summed E-state index contributed by atoms with van der Waals surface area (Å²) in [7, 11) is 0. The molecule has 0 saturated carbocycles. The number of hydrogen-bond donors (Lipinski definition) is 0. The second-order valence-corrected chi connectivity index (χ2v) is 7.87. The molecule has 3 aromatic rings. The summed E-state index contributed by atoms with van der Waals surface area (Å²) in [6.07, 6.45) is 1.89. The molecule has 0 atom stereocenters. The Labute approximate surface area is 151 Å². The van der Waals surface area contributed by atoms with E-state index >= 15 is 0 Å². The van der Waals surface area contributed by atoms with E-state index in [0.29, 0.717) is 5.92 Å². The highest BCUT2D eigenvalue weighted by Crippen LogP contribution is 2.31. The Morgan fingerprint density at radius 3 is 2.12 bits per heavy atom. The molecule has 0 saturated heterocycles. The third-order valence-corrected chi connectivity index (χ3v) is 4.47. The molecular formula is C23H26N2. The number of hydrogen-bond acceptors (Lipinski definition) is 2.